The van der Waals surface area contributed by atoms with E-state index in [4.69, 9.17) is 4.74 Å². The van der Waals surface area contributed by atoms with E-state index < -0.39 is 17.2 Å². The number of alkyl halides is 2. The molecule has 4 rings (SSSR count). The highest BCUT2D eigenvalue weighted by atomic mass is 19.3. The van der Waals surface area contributed by atoms with E-state index in [-0.39, 0.29) is 6.42 Å². The van der Waals surface area contributed by atoms with E-state index in [1.54, 1.807) is 18.2 Å². The fourth-order valence-electron chi connectivity index (χ4n) is 4.66. The molecular formula is C20H24F2N2O2. The maximum Gasteiger partial charge on any atom is 0.295 e. The maximum atomic E-state index is 14.6. The molecule has 2 saturated carbocycles. The van der Waals surface area contributed by atoms with Crippen LogP contribution >= 0.6 is 0 Å². The first kappa shape index (κ1) is 17.4. The van der Waals surface area contributed by atoms with Crippen LogP contribution in [0, 0.1) is 11.3 Å². The van der Waals surface area contributed by atoms with Crippen LogP contribution in [0.2, 0.25) is 0 Å². The van der Waals surface area contributed by atoms with E-state index >= 15 is 0 Å². The first-order valence-electron chi connectivity index (χ1n) is 9.40. The molecule has 1 N–H and O–H groups in total. The number of methoxy groups -OCH3 is 1. The fourth-order valence-corrected chi connectivity index (χ4v) is 4.66. The second-order valence-corrected chi connectivity index (χ2v) is 7.86. The van der Waals surface area contributed by atoms with E-state index in [0.29, 0.717) is 34.5 Å². The molecule has 1 aromatic carbocycles. The normalized spacial score (nSPS) is 21.4. The molecule has 1 heterocycles. The van der Waals surface area contributed by atoms with Crippen molar-refractivity contribution in [3.8, 4) is 5.75 Å². The first-order chi connectivity index (χ1) is 12.4. The topological polar surface area (TPSA) is 55.0 Å². The van der Waals surface area contributed by atoms with Crippen molar-refractivity contribution in [3.63, 3.8) is 0 Å². The van der Waals surface area contributed by atoms with Gasteiger partial charge in [-0.05, 0) is 55.6 Å². The molecule has 0 unspecified atom stereocenters. The first-order valence-corrected chi connectivity index (χ1v) is 9.40. The van der Waals surface area contributed by atoms with Crippen LogP contribution in [0.5, 0.6) is 5.75 Å². The summed E-state index contributed by atoms with van der Waals surface area (Å²) in [5.41, 5.74) is -0.286. The van der Waals surface area contributed by atoms with Crippen LogP contribution in [-0.2, 0) is 5.92 Å². The maximum absolute atomic E-state index is 14.6. The Kier molecular flexibility index (Phi) is 4.24. The van der Waals surface area contributed by atoms with Gasteiger partial charge < -0.3 is 9.72 Å². The predicted molar refractivity (Wildman–Crippen MR) is 95.7 cm³/mol. The lowest BCUT2D eigenvalue weighted by atomic mass is 9.98. The van der Waals surface area contributed by atoms with E-state index in [0.717, 1.165) is 6.42 Å². The number of nitrogens with zero attached hydrogens (tertiary/aromatic N) is 1. The number of aromatic nitrogens is 2. The lowest BCUT2D eigenvalue weighted by molar-refractivity contribution is -0.0217. The van der Waals surface area contributed by atoms with Gasteiger partial charge in [0.15, 0.2) is 5.69 Å². The zero-order valence-corrected chi connectivity index (χ0v) is 15.0. The molecule has 0 radical (unpaired) electrons. The van der Waals surface area contributed by atoms with Gasteiger partial charge in [-0.2, -0.15) is 8.78 Å². The summed E-state index contributed by atoms with van der Waals surface area (Å²) < 4.78 is 34.3. The number of nitrogens with one attached hydrogen (secondary N) is 1. The summed E-state index contributed by atoms with van der Waals surface area (Å²) >= 11 is 0. The van der Waals surface area contributed by atoms with Crippen molar-refractivity contribution in [2.45, 2.75) is 57.3 Å². The van der Waals surface area contributed by atoms with E-state index in [1.165, 1.54) is 39.2 Å². The van der Waals surface area contributed by atoms with Gasteiger partial charge in [0.2, 0.25) is 0 Å². The summed E-state index contributed by atoms with van der Waals surface area (Å²) in [4.78, 5) is 18.6. The van der Waals surface area contributed by atoms with Crippen LogP contribution in [0.15, 0.2) is 23.0 Å². The largest absolute Gasteiger partial charge is 0.497 e. The number of hydrogen-bond acceptors (Lipinski definition) is 3. The Bertz CT molecular complexity index is 872. The number of fused-ring (bicyclic) bond motifs is 1. The number of halogens is 2. The van der Waals surface area contributed by atoms with Crippen molar-refractivity contribution in [2.24, 2.45) is 11.3 Å². The van der Waals surface area contributed by atoms with Gasteiger partial charge in [-0.25, -0.2) is 4.98 Å². The van der Waals surface area contributed by atoms with Crippen LogP contribution in [0.3, 0.4) is 0 Å². The highest BCUT2D eigenvalue weighted by Crippen LogP contribution is 2.64. The number of hydrogen-bond donors (Lipinski definition) is 1. The van der Waals surface area contributed by atoms with Crippen molar-refractivity contribution in [1.82, 2.24) is 9.97 Å². The minimum atomic E-state index is -3.21. The molecule has 4 nitrogen and oxygen atoms in total. The molecule has 2 fully saturated rings. The summed E-state index contributed by atoms with van der Waals surface area (Å²) in [7, 11) is 1.50. The summed E-state index contributed by atoms with van der Waals surface area (Å²) in [5.74, 6) is -2.06. The van der Waals surface area contributed by atoms with Gasteiger partial charge in [0.25, 0.3) is 11.5 Å². The Balaban J connectivity index is 1.46. The minimum absolute atomic E-state index is 0.322. The lowest BCUT2D eigenvalue weighted by Gasteiger charge is -2.16. The average molecular weight is 362 g/mol. The predicted octanol–water partition coefficient (Wildman–Crippen LogP) is 4.77. The van der Waals surface area contributed by atoms with Gasteiger partial charge in [-0.1, -0.05) is 12.8 Å². The van der Waals surface area contributed by atoms with Crippen molar-refractivity contribution >= 4 is 11.0 Å². The Morgan fingerprint density at radius 2 is 2.12 bits per heavy atom. The summed E-state index contributed by atoms with van der Waals surface area (Å²) in [5, 5.41) is 0. The average Bonchev–Trinajstić information content (AvgIpc) is 3.06. The molecule has 1 atom stereocenters. The molecule has 6 heteroatoms. The highest BCUT2D eigenvalue weighted by molar-refractivity contribution is 5.75. The van der Waals surface area contributed by atoms with Crippen LogP contribution in [0.4, 0.5) is 8.78 Å². The van der Waals surface area contributed by atoms with Crippen molar-refractivity contribution < 1.29 is 13.5 Å². The number of ether oxygens (including phenoxy) is 1. The third-order valence-corrected chi connectivity index (χ3v) is 6.25. The third kappa shape index (κ3) is 3.10. The Morgan fingerprint density at radius 3 is 2.85 bits per heavy atom. The van der Waals surface area contributed by atoms with E-state index in [2.05, 4.69) is 9.97 Å². The van der Waals surface area contributed by atoms with Crippen LogP contribution < -0.4 is 10.3 Å². The van der Waals surface area contributed by atoms with Gasteiger partial charge in [0.1, 0.15) is 5.75 Å². The molecule has 2 aromatic rings. The molecule has 2 aliphatic rings. The number of benzene rings is 1. The Labute approximate surface area is 151 Å². The quantitative estimate of drug-likeness (QED) is 0.805. The Hall–Kier alpha value is -1.98. The van der Waals surface area contributed by atoms with Crippen molar-refractivity contribution in [2.75, 3.05) is 7.11 Å². The molecule has 1 aromatic heterocycles. The SMILES string of the molecule is COc1ccc2nc(C(F)(F)CCC[C@@H]3CC34CCCC4)c(=O)[nH]c2c1. The van der Waals surface area contributed by atoms with Crippen LogP contribution in [0.25, 0.3) is 11.0 Å². The number of aromatic amines is 1. The highest BCUT2D eigenvalue weighted by Gasteiger charge is 2.54. The molecule has 0 bridgehead atoms. The smallest absolute Gasteiger partial charge is 0.295 e. The van der Waals surface area contributed by atoms with Gasteiger partial charge >= 0.3 is 0 Å². The number of rotatable bonds is 6. The molecule has 26 heavy (non-hydrogen) atoms. The van der Waals surface area contributed by atoms with Gasteiger partial charge in [-0.15, -0.1) is 0 Å². The molecule has 140 valence electrons. The third-order valence-electron chi connectivity index (χ3n) is 6.25. The molecular weight excluding hydrogens is 338 g/mol. The van der Waals surface area contributed by atoms with Gasteiger partial charge in [0, 0.05) is 12.5 Å². The second kappa shape index (κ2) is 6.32. The Morgan fingerprint density at radius 1 is 1.35 bits per heavy atom. The second-order valence-electron chi connectivity index (χ2n) is 7.86. The number of H-pyrrole nitrogens is 1. The van der Waals surface area contributed by atoms with Gasteiger partial charge in [0.05, 0.1) is 18.1 Å². The van der Waals surface area contributed by atoms with Crippen molar-refractivity contribution in [1.29, 1.82) is 0 Å². The molecule has 0 saturated heterocycles. The molecule has 0 amide bonds. The zero-order chi connectivity index (χ0) is 18.4. The summed E-state index contributed by atoms with van der Waals surface area (Å²) in [6.07, 6.45) is 7.25. The monoisotopic (exact) mass is 362 g/mol. The van der Waals surface area contributed by atoms with Crippen molar-refractivity contribution in [3.05, 3.63) is 34.2 Å². The summed E-state index contributed by atoms with van der Waals surface area (Å²) in [6, 6.07) is 4.81. The van der Waals surface area contributed by atoms with E-state index in [9.17, 15) is 13.6 Å². The standard InChI is InChI=1S/C20H24F2N2O2/c1-26-14-6-7-15-16(11-14)24-18(25)17(23-15)20(21,22)10-4-5-13-12-19(13)8-2-3-9-19/h6-7,11,13H,2-5,8-10,12H2,1H3,(H,24,25)/t13-/m1/s1. The molecule has 0 aliphatic heterocycles. The van der Waals surface area contributed by atoms with Crippen LogP contribution in [-0.4, -0.2) is 17.1 Å². The summed E-state index contributed by atoms with van der Waals surface area (Å²) in [6.45, 7) is 0. The lowest BCUT2D eigenvalue weighted by Crippen LogP contribution is -2.27. The van der Waals surface area contributed by atoms with Gasteiger partial charge in [-0.3, -0.25) is 4.79 Å². The van der Waals surface area contributed by atoms with E-state index in [1.807, 2.05) is 0 Å². The zero-order valence-electron chi connectivity index (χ0n) is 15.0. The van der Waals surface area contributed by atoms with Crippen LogP contribution in [0.1, 0.15) is 57.1 Å². The minimum Gasteiger partial charge on any atom is -0.497 e. The molecule has 1 spiro atoms. The molecule has 2 aliphatic carbocycles. The fraction of sp³-hybridized carbons (Fsp3) is 0.600.